The van der Waals surface area contributed by atoms with Gasteiger partial charge in [0.15, 0.2) is 0 Å². The number of nitrogens with zero attached hydrogens (tertiary/aromatic N) is 2. The van der Waals surface area contributed by atoms with Crippen molar-refractivity contribution < 1.29 is 4.74 Å². The molecule has 86 valence electrons. The van der Waals surface area contributed by atoms with Gasteiger partial charge >= 0.3 is 0 Å². The molecule has 0 aliphatic carbocycles. The number of aromatic nitrogens is 2. The summed E-state index contributed by atoms with van der Waals surface area (Å²) in [6.45, 7) is 6.33. The third-order valence-electron chi connectivity index (χ3n) is 2.47. The van der Waals surface area contributed by atoms with Gasteiger partial charge in [-0.25, -0.2) is 0 Å². The van der Waals surface area contributed by atoms with E-state index in [1.54, 1.807) is 11.8 Å². The zero-order valence-electron chi connectivity index (χ0n) is 10.2. The van der Waals surface area contributed by atoms with Gasteiger partial charge in [0.1, 0.15) is 0 Å². The Morgan fingerprint density at radius 1 is 1.60 bits per heavy atom. The van der Waals surface area contributed by atoms with Crippen LogP contribution in [0.4, 0.5) is 5.69 Å². The molecule has 0 aromatic carbocycles. The quantitative estimate of drug-likeness (QED) is 0.810. The third kappa shape index (κ3) is 3.91. The van der Waals surface area contributed by atoms with Crippen molar-refractivity contribution >= 4 is 5.69 Å². The van der Waals surface area contributed by atoms with Crippen LogP contribution in [0.5, 0.6) is 0 Å². The molecule has 0 amide bonds. The second-order valence-electron chi connectivity index (χ2n) is 4.62. The smallest absolute Gasteiger partial charge is 0.0728 e. The van der Waals surface area contributed by atoms with Crippen LogP contribution in [0.1, 0.15) is 27.2 Å². The van der Waals surface area contributed by atoms with Crippen LogP contribution < -0.4 is 5.32 Å². The second kappa shape index (κ2) is 4.66. The Bertz CT molecular complexity index is 307. The molecule has 1 rings (SSSR count). The van der Waals surface area contributed by atoms with Gasteiger partial charge in [0.05, 0.1) is 17.5 Å². The van der Waals surface area contributed by atoms with Gasteiger partial charge < -0.3 is 10.1 Å². The molecule has 0 radical (unpaired) electrons. The molecule has 1 N–H and O–H groups in total. The Kier molecular flexibility index (Phi) is 3.74. The maximum atomic E-state index is 5.39. The average molecular weight is 211 g/mol. The molecule has 0 fully saturated rings. The molecule has 1 aromatic heterocycles. The molecule has 0 saturated heterocycles. The van der Waals surface area contributed by atoms with E-state index < -0.39 is 0 Å². The molecule has 1 unspecified atom stereocenters. The van der Waals surface area contributed by atoms with Crippen molar-refractivity contribution in [2.45, 2.75) is 38.8 Å². The summed E-state index contributed by atoms with van der Waals surface area (Å²) < 4.78 is 7.18. The van der Waals surface area contributed by atoms with Gasteiger partial charge in [-0.2, -0.15) is 5.10 Å². The minimum absolute atomic E-state index is 0.0887. The topological polar surface area (TPSA) is 39.1 Å². The summed E-state index contributed by atoms with van der Waals surface area (Å²) in [5.41, 5.74) is 0.964. The van der Waals surface area contributed by atoms with Gasteiger partial charge in [0.2, 0.25) is 0 Å². The zero-order chi connectivity index (χ0) is 11.5. The molecule has 1 atom stereocenters. The molecule has 0 aliphatic heterocycles. The fraction of sp³-hybridized carbons (Fsp3) is 0.727. The van der Waals surface area contributed by atoms with Crippen molar-refractivity contribution in [3.63, 3.8) is 0 Å². The number of anilines is 1. The fourth-order valence-electron chi connectivity index (χ4n) is 1.65. The van der Waals surface area contributed by atoms with E-state index in [0.717, 1.165) is 12.1 Å². The van der Waals surface area contributed by atoms with Crippen LogP contribution in [-0.4, -0.2) is 28.5 Å². The Morgan fingerprint density at radius 2 is 2.27 bits per heavy atom. The summed E-state index contributed by atoms with van der Waals surface area (Å²) >= 11 is 0. The van der Waals surface area contributed by atoms with E-state index >= 15 is 0 Å². The minimum Gasteiger partial charge on any atom is -0.380 e. The molecule has 0 bridgehead atoms. The summed E-state index contributed by atoms with van der Waals surface area (Å²) in [6, 6.07) is 0.365. The van der Waals surface area contributed by atoms with E-state index in [4.69, 9.17) is 4.74 Å². The first kappa shape index (κ1) is 12.0. The first-order valence-electron chi connectivity index (χ1n) is 5.23. The number of aryl methyl sites for hydroxylation is 1. The van der Waals surface area contributed by atoms with E-state index in [1.165, 1.54) is 0 Å². The van der Waals surface area contributed by atoms with E-state index in [2.05, 4.69) is 31.2 Å². The molecule has 1 aromatic rings. The summed E-state index contributed by atoms with van der Waals surface area (Å²) in [5.74, 6) is 0. The molecule has 4 nitrogen and oxygen atoms in total. The highest BCUT2D eigenvalue weighted by molar-refractivity contribution is 5.38. The lowest BCUT2D eigenvalue weighted by Gasteiger charge is -2.27. The third-order valence-corrected chi connectivity index (χ3v) is 2.47. The molecule has 15 heavy (non-hydrogen) atoms. The standard InChI is InChI=1S/C11H21N3O/c1-9(6-11(2,3)15-5)13-10-7-12-14(4)8-10/h7-9,13H,6H2,1-5H3. The monoisotopic (exact) mass is 211 g/mol. The summed E-state index contributed by atoms with van der Waals surface area (Å²) in [6.07, 6.45) is 4.75. The van der Waals surface area contributed by atoms with Crippen molar-refractivity contribution in [1.82, 2.24) is 9.78 Å². The number of nitrogens with one attached hydrogen (secondary N) is 1. The van der Waals surface area contributed by atoms with Crippen molar-refractivity contribution in [1.29, 1.82) is 0 Å². The Balaban J connectivity index is 2.46. The van der Waals surface area contributed by atoms with E-state index in [9.17, 15) is 0 Å². The number of ether oxygens (including phenoxy) is 1. The largest absolute Gasteiger partial charge is 0.380 e. The lowest BCUT2D eigenvalue weighted by atomic mass is 10.00. The van der Waals surface area contributed by atoms with Gasteiger partial charge in [-0.05, 0) is 27.2 Å². The van der Waals surface area contributed by atoms with Crippen LogP contribution in [0, 0.1) is 0 Å². The molecule has 0 spiro atoms. The maximum Gasteiger partial charge on any atom is 0.0728 e. The first-order chi connectivity index (χ1) is 6.93. The summed E-state index contributed by atoms with van der Waals surface area (Å²) in [5, 5.41) is 7.50. The van der Waals surface area contributed by atoms with Gasteiger partial charge in [0.25, 0.3) is 0 Å². The number of hydrogen-bond acceptors (Lipinski definition) is 3. The summed E-state index contributed by atoms with van der Waals surface area (Å²) in [4.78, 5) is 0. The predicted molar refractivity (Wildman–Crippen MR) is 62.0 cm³/mol. The Hall–Kier alpha value is -1.03. The predicted octanol–water partition coefficient (Wildman–Crippen LogP) is 2.04. The number of rotatable bonds is 5. The van der Waals surface area contributed by atoms with E-state index in [0.29, 0.717) is 6.04 Å². The summed E-state index contributed by atoms with van der Waals surface area (Å²) in [7, 11) is 3.66. The lowest BCUT2D eigenvalue weighted by Crippen LogP contribution is -2.31. The maximum absolute atomic E-state index is 5.39. The van der Waals surface area contributed by atoms with Crippen molar-refractivity contribution in [3.05, 3.63) is 12.4 Å². The minimum atomic E-state index is -0.0887. The van der Waals surface area contributed by atoms with Crippen LogP contribution in [-0.2, 0) is 11.8 Å². The van der Waals surface area contributed by atoms with Gasteiger partial charge in [-0.3, -0.25) is 4.68 Å². The average Bonchev–Trinajstić information content (AvgIpc) is 2.50. The second-order valence-corrected chi connectivity index (χ2v) is 4.62. The number of methoxy groups -OCH3 is 1. The molecular formula is C11H21N3O. The van der Waals surface area contributed by atoms with Crippen LogP contribution in [0.2, 0.25) is 0 Å². The zero-order valence-corrected chi connectivity index (χ0v) is 10.2. The number of hydrogen-bond donors (Lipinski definition) is 1. The van der Waals surface area contributed by atoms with Crippen LogP contribution in [0.25, 0.3) is 0 Å². The SMILES string of the molecule is COC(C)(C)CC(C)Nc1cnn(C)c1. The van der Waals surface area contributed by atoms with Gasteiger partial charge in [-0.15, -0.1) is 0 Å². The first-order valence-corrected chi connectivity index (χ1v) is 5.23. The molecule has 0 aliphatic rings. The normalized spacial score (nSPS) is 13.9. The Labute approximate surface area is 91.6 Å². The van der Waals surface area contributed by atoms with Gasteiger partial charge in [-0.1, -0.05) is 0 Å². The van der Waals surface area contributed by atoms with Gasteiger partial charge in [0, 0.05) is 26.4 Å². The highest BCUT2D eigenvalue weighted by Crippen LogP contribution is 2.18. The van der Waals surface area contributed by atoms with Crippen molar-refractivity contribution in [3.8, 4) is 0 Å². The Morgan fingerprint density at radius 3 is 2.73 bits per heavy atom. The van der Waals surface area contributed by atoms with Crippen molar-refractivity contribution in [2.75, 3.05) is 12.4 Å². The highest BCUT2D eigenvalue weighted by atomic mass is 16.5. The van der Waals surface area contributed by atoms with Crippen LogP contribution in [0.15, 0.2) is 12.4 Å². The van der Waals surface area contributed by atoms with E-state index in [-0.39, 0.29) is 5.60 Å². The molecule has 0 saturated carbocycles. The van der Waals surface area contributed by atoms with Crippen LogP contribution in [0.3, 0.4) is 0 Å². The lowest BCUT2D eigenvalue weighted by molar-refractivity contribution is 0.0128. The van der Waals surface area contributed by atoms with Crippen LogP contribution >= 0.6 is 0 Å². The fourth-order valence-corrected chi connectivity index (χ4v) is 1.65. The van der Waals surface area contributed by atoms with E-state index in [1.807, 2.05) is 19.4 Å². The highest BCUT2D eigenvalue weighted by Gasteiger charge is 2.20. The molecule has 4 heteroatoms. The molecular weight excluding hydrogens is 190 g/mol. The molecule has 1 heterocycles. The van der Waals surface area contributed by atoms with Crippen molar-refractivity contribution in [2.24, 2.45) is 7.05 Å².